The molecule has 1 saturated heterocycles. The van der Waals surface area contributed by atoms with E-state index in [4.69, 9.17) is 4.98 Å². The number of hydrogen-bond acceptors (Lipinski definition) is 4. The first-order valence-electron chi connectivity index (χ1n) is 11.1. The third-order valence-electron chi connectivity index (χ3n) is 6.44. The lowest BCUT2D eigenvalue weighted by Crippen LogP contribution is -2.40. The molecule has 1 amide bonds. The van der Waals surface area contributed by atoms with Gasteiger partial charge in [0.1, 0.15) is 5.82 Å². The van der Waals surface area contributed by atoms with Crippen molar-refractivity contribution in [3.8, 4) is 11.1 Å². The summed E-state index contributed by atoms with van der Waals surface area (Å²) in [4.78, 5) is 26.6. The standard InChI is InChI=1S/C24H31FN4O/c1-28(2)24-26-16-20(18-10-12-19(25)13-11-18)23(27-24)21-9-5-6-14-29(21)22(30)15-17-7-3-4-8-17/h10-13,16-17,21H,3-9,14-15H2,1-2H3/t21-/m0/s1. The van der Waals surface area contributed by atoms with Gasteiger partial charge in [-0.2, -0.15) is 0 Å². The number of likely N-dealkylation sites (tertiary alicyclic amines) is 1. The number of benzene rings is 1. The Bertz CT molecular complexity index is 877. The SMILES string of the molecule is CN(C)c1ncc(-c2ccc(F)cc2)c([C@@H]2CCCCN2C(=O)CC2CCCC2)n1. The van der Waals surface area contributed by atoms with Crippen molar-refractivity contribution in [1.29, 1.82) is 0 Å². The molecule has 1 saturated carbocycles. The van der Waals surface area contributed by atoms with Gasteiger partial charge in [0.05, 0.1) is 11.7 Å². The number of carbonyl (C=O) groups excluding carboxylic acids is 1. The second kappa shape index (κ2) is 9.11. The molecule has 5 nitrogen and oxygen atoms in total. The van der Waals surface area contributed by atoms with Crippen LogP contribution in [0, 0.1) is 11.7 Å². The Morgan fingerprint density at radius 3 is 2.50 bits per heavy atom. The molecule has 0 bridgehead atoms. The van der Waals surface area contributed by atoms with Crippen molar-refractivity contribution in [3.63, 3.8) is 0 Å². The van der Waals surface area contributed by atoms with Crippen LogP contribution in [0.4, 0.5) is 10.3 Å². The van der Waals surface area contributed by atoms with E-state index in [2.05, 4.69) is 9.88 Å². The van der Waals surface area contributed by atoms with E-state index in [0.717, 1.165) is 42.6 Å². The first-order chi connectivity index (χ1) is 14.5. The highest BCUT2D eigenvalue weighted by atomic mass is 19.1. The van der Waals surface area contributed by atoms with Crippen molar-refractivity contribution in [1.82, 2.24) is 14.9 Å². The third kappa shape index (κ3) is 4.47. The number of aromatic nitrogens is 2. The highest BCUT2D eigenvalue weighted by Gasteiger charge is 2.33. The van der Waals surface area contributed by atoms with Gasteiger partial charge in [-0.1, -0.05) is 25.0 Å². The fraction of sp³-hybridized carbons (Fsp3) is 0.542. The first-order valence-corrected chi connectivity index (χ1v) is 11.1. The Kier molecular flexibility index (Phi) is 6.30. The molecule has 0 radical (unpaired) electrons. The molecule has 1 aromatic heterocycles. The molecule has 1 aromatic carbocycles. The third-order valence-corrected chi connectivity index (χ3v) is 6.44. The van der Waals surface area contributed by atoms with Crippen LogP contribution in [0.3, 0.4) is 0 Å². The van der Waals surface area contributed by atoms with Gasteiger partial charge in [0.25, 0.3) is 0 Å². The minimum atomic E-state index is -0.267. The Hall–Kier alpha value is -2.50. The Morgan fingerprint density at radius 2 is 1.80 bits per heavy atom. The lowest BCUT2D eigenvalue weighted by molar-refractivity contribution is -0.136. The van der Waals surface area contributed by atoms with Crippen molar-refractivity contribution in [2.24, 2.45) is 5.92 Å². The van der Waals surface area contributed by atoms with Crippen LogP contribution in [0.15, 0.2) is 30.5 Å². The molecule has 4 rings (SSSR count). The minimum absolute atomic E-state index is 0.0607. The van der Waals surface area contributed by atoms with Crippen molar-refractivity contribution in [2.45, 2.75) is 57.4 Å². The van der Waals surface area contributed by atoms with Gasteiger partial charge < -0.3 is 9.80 Å². The summed E-state index contributed by atoms with van der Waals surface area (Å²) in [7, 11) is 3.83. The Labute approximate surface area is 178 Å². The van der Waals surface area contributed by atoms with E-state index in [1.165, 1.54) is 37.8 Å². The van der Waals surface area contributed by atoms with Gasteiger partial charge in [-0.05, 0) is 55.7 Å². The Morgan fingerprint density at radius 1 is 1.10 bits per heavy atom. The molecule has 30 heavy (non-hydrogen) atoms. The van der Waals surface area contributed by atoms with Crippen LogP contribution in [0.25, 0.3) is 11.1 Å². The number of piperidine rings is 1. The highest BCUT2D eigenvalue weighted by Crippen LogP contribution is 2.38. The second-order valence-electron chi connectivity index (χ2n) is 8.82. The van der Waals surface area contributed by atoms with E-state index in [-0.39, 0.29) is 17.8 Å². The second-order valence-corrected chi connectivity index (χ2v) is 8.82. The van der Waals surface area contributed by atoms with Crippen LogP contribution < -0.4 is 4.90 Å². The fourth-order valence-corrected chi connectivity index (χ4v) is 4.80. The maximum Gasteiger partial charge on any atom is 0.225 e. The summed E-state index contributed by atoms with van der Waals surface area (Å²) in [5.74, 6) is 1.14. The topological polar surface area (TPSA) is 49.3 Å². The monoisotopic (exact) mass is 410 g/mol. The Balaban J connectivity index is 1.70. The van der Waals surface area contributed by atoms with Gasteiger partial charge in [0.15, 0.2) is 0 Å². The molecular formula is C24H31FN4O. The van der Waals surface area contributed by atoms with Gasteiger partial charge >= 0.3 is 0 Å². The summed E-state index contributed by atoms with van der Waals surface area (Å²) in [6, 6.07) is 6.39. The number of anilines is 1. The lowest BCUT2D eigenvalue weighted by atomic mass is 9.92. The molecule has 0 N–H and O–H groups in total. The number of amides is 1. The number of rotatable bonds is 5. The predicted octanol–water partition coefficient (Wildman–Crippen LogP) is 4.98. The molecule has 160 valence electrons. The first kappa shape index (κ1) is 20.8. The maximum atomic E-state index is 13.5. The average Bonchev–Trinajstić information content (AvgIpc) is 3.27. The van der Waals surface area contributed by atoms with Gasteiger partial charge in [0, 0.05) is 38.8 Å². The molecule has 0 spiro atoms. The zero-order chi connectivity index (χ0) is 21.1. The zero-order valence-corrected chi connectivity index (χ0v) is 18.0. The molecular weight excluding hydrogens is 379 g/mol. The van der Waals surface area contributed by atoms with Crippen LogP contribution in [-0.4, -0.2) is 41.4 Å². The van der Waals surface area contributed by atoms with Crippen molar-refractivity contribution in [2.75, 3.05) is 25.5 Å². The molecule has 1 atom stereocenters. The smallest absolute Gasteiger partial charge is 0.225 e. The largest absolute Gasteiger partial charge is 0.347 e. The molecule has 2 aromatic rings. The number of hydrogen-bond donors (Lipinski definition) is 0. The predicted molar refractivity (Wildman–Crippen MR) is 117 cm³/mol. The van der Waals surface area contributed by atoms with Crippen LogP contribution in [0.1, 0.15) is 63.1 Å². The maximum absolute atomic E-state index is 13.5. The summed E-state index contributed by atoms with van der Waals surface area (Å²) >= 11 is 0. The van der Waals surface area contributed by atoms with Crippen LogP contribution in [0.5, 0.6) is 0 Å². The van der Waals surface area contributed by atoms with Gasteiger partial charge in [-0.25, -0.2) is 14.4 Å². The average molecular weight is 411 g/mol. The van der Waals surface area contributed by atoms with Crippen LogP contribution in [-0.2, 0) is 4.79 Å². The summed E-state index contributed by atoms with van der Waals surface area (Å²) in [6.07, 6.45) is 10.3. The van der Waals surface area contributed by atoms with Crippen molar-refractivity contribution in [3.05, 3.63) is 42.0 Å². The number of nitrogens with zero attached hydrogens (tertiary/aromatic N) is 4. The minimum Gasteiger partial charge on any atom is -0.347 e. The van der Waals surface area contributed by atoms with E-state index >= 15 is 0 Å². The van der Waals surface area contributed by atoms with E-state index in [1.807, 2.05) is 25.2 Å². The number of carbonyl (C=O) groups is 1. The van der Waals surface area contributed by atoms with Gasteiger partial charge in [-0.15, -0.1) is 0 Å². The summed E-state index contributed by atoms with van der Waals surface area (Å²) in [6.45, 7) is 0.778. The summed E-state index contributed by atoms with van der Waals surface area (Å²) < 4.78 is 13.5. The molecule has 6 heteroatoms. The van der Waals surface area contributed by atoms with Crippen LogP contribution >= 0.6 is 0 Å². The van der Waals surface area contributed by atoms with Gasteiger partial charge in [-0.3, -0.25) is 4.79 Å². The van der Waals surface area contributed by atoms with Crippen molar-refractivity contribution >= 4 is 11.9 Å². The molecule has 2 heterocycles. The molecule has 0 unspecified atom stereocenters. The van der Waals surface area contributed by atoms with E-state index < -0.39 is 0 Å². The van der Waals surface area contributed by atoms with Crippen LogP contribution in [0.2, 0.25) is 0 Å². The highest BCUT2D eigenvalue weighted by molar-refractivity contribution is 5.78. The fourth-order valence-electron chi connectivity index (χ4n) is 4.80. The van der Waals surface area contributed by atoms with Crippen molar-refractivity contribution < 1.29 is 9.18 Å². The summed E-state index contributed by atoms with van der Waals surface area (Å²) in [5.41, 5.74) is 2.64. The van der Waals surface area contributed by atoms with Gasteiger partial charge in [0.2, 0.25) is 11.9 Å². The van der Waals surface area contributed by atoms with E-state index in [9.17, 15) is 9.18 Å². The lowest BCUT2D eigenvalue weighted by Gasteiger charge is -2.37. The molecule has 2 fully saturated rings. The van der Waals surface area contributed by atoms with E-state index in [0.29, 0.717) is 18.3 Å². The molecule has 1 aliphatic heterocycles. The number of halogens is 1. The molecule has 2 aliphatic rings. The molecule has 1 aliphatic carbocycles. The zero-order valence-electron chi connectivity index (χ0n) is 18.0. The summed E-state index contributed by atoms with van der Waals surface area (Å²) in [5, 5.41) is 0. The normalized spacial score (nSPS) is 19.8. The van der Waals surface area contributed by atoms with E-state index in [1.54, 1.807) is 12.1 Å². The quantitative estimate of drug-likeness (QED) is 0.697.